The third kappa shape index (κ3) is 2.94. The molecule has 3 aromatic rings. The standard InChI is InChI=1S/C15H13BrFN5O/c1-8-11(5-9-3-4-10(16)6-13(9)17)12(7-22(2)15(8)23)14-18-20-21-19-14/h3-4,6-7H,5H2,1-2H3,(H,18,19,20,21). The number of rotatable bonds is 3. The van der Waals surface area contributed by atoms with Crippen LogP contribution in [0.5, 0.6) is 0 Å². The number of nitrogens with zero attached hydrogens (tertiary/aromatic N) is 4. The van der Waals surface area contributed by atoms with Crippen LogP contribution < -0.4 is 5.56 Å². The first kappa shape index (κ1) is 15.5. The van der Waals surface area contributed by atoms with Gasteiger partial charge in [-0.1, -0.05) is 22.0 Å². The van der Waals surface area contributed by atoms with Crippen molar-refractivity contribution in [3.05, 3.63) is 61.7 Å². The second kappa shape index (κ2) is 6.04. The van der Waals surface area contributed by atoms with Crippen molar-refractivity contribution >= 4 is 15.9 Å². The fourth-order valence-corrected chi connectivity index (χ4v) is 2.81. The van der Waals surface area contributed by atoms with Gasteiger partial charge in [0.05, 0.1) is 0 Å². The first-order valence-corrected chi connectivity index (χ1v) is 7.63. The molecule has 0 amide bonds. The molecule has 0 aliphatic carbocycles. The number of halogens is 2. The van der Waals surface area contributed by atoms with Gasteiger partial charge < -0.3 is 4.57 Å². The lowest BCUT2D eigenvalue weighted by Crippen LogP contribution is -2.22. The molecule has 0 unspecified atom stereocenters. The predicted molar refractivity (Wildman–Crippen MR) is 86.5 cm³/mol. The second-order valence-corrected chi connectivity index (χ2v) is 6.13. The molecule has 0 bridgehead atoms. The third-order valence-electron chi connectivity index (χ3n) is 3.71. The molecule has 0 aliphatic rings. The smallest absolute Gasteiger partial charge is 0.253 e. The molecule has 1 aromatic carbocycles. The van der Waals surface area contributed by atoms with Gasteiger partial charge in [0.25, 0.3) is 5.56 Å². The van der Waals surface area contributed by atoms with E-state index in [0.29, 0.717) is 32.6 Å². The van der Waals surface area contributed by atoms with Gasteiger partial charge in [0.15, 0.2) is 0 Å². The van der Waals surface area contributed by atoms with Crippen molar-refractivity contribution in [2.45, 2.75) is 13.3 Å². The van der Waals surface area contributed by atoms with Gasteiger partial charge >= 0.3 is 0 Å². The first-order chi connectivity index (χ1) is 11.0. The van der Waals surface area contributed by atoms with Gasteiger partial charge in [0, 0.05) is 35.3 Å². The number of benzene rings is 1. The molecule has 1 N–H and O–H groups in total. The third-order valence-corrected chi connectivity index (χ3v) is 4.20. The molecule has 3 rings (SSSR count). The summed E-state index contributed by atoms with van der Waals surface area (Å²) >= 11 is 3.24. The van der Waals surface area contributed by atoms with E-state index in [1.165, 1.54) is 10.6 Å². The quantitative estimate of drug-likeness (QED) is 0.759. The lowest BCUT2D eigenvalue weighted by Gasteiger charge is -2.13. The maximum atomic E-state index is 14.2. The van der Waals surface area contributed by atoms with Crippen LogP contribution in [-0.4, -0.2) is 25.2 Å². The van der Waals surface area contributed by atoms with Crippen LogP contribution in [0.2, 0.25) is 0 Å². The van der Waals surface area contributed by atoms with E-state index < -0.39 is 0 Å². The minimum absolute atomic E-state index is 0.134. The summed E-state index contributed by atoms with van der Waals surface area (Å²) in [4.78, 5) is 12.2. The van der Waals surface area contributed by atoms with Crippen molar-refractivity contribution in [3.8, 4) is 11.4 Å². The number of tetrazole rings is 1. The summed E-state index contributed by atoms with van der Waals surface area (Å²) in [5.41, 5.74) is 2.24. The lowest BCUT2D eigenvalue weighted by atomic mass is 9.96. The molecule has 0 spiro atoms. The maximum Gasteiger partial charge on any atom is 0.253 e. The molecule has 6 nitrogen and oxygen atoms in total. The molecule has 2 aromatic heterocycles. The Labute approximate surface area is 139 Å². The van der Waals surface area contributed by atoms with Crippen LogP contribution >= 0.6 is 15.9 Å². The molecule has 118 valence electrons. The van der Waals surface area contributed by atoms with Crippen molar-refractivity contribution in [3.63, 3.8) is 0 Å². The number of nitrogens with one attached hydrogen (secondary N) is 1. The van der Waals surface area contributed by atoms with Gasteiger partial charge in [0.2, 0.25) is 5.82 Å². The summed E-state index contributed by atoms with van der Waals surface area (Å²) in [5, 5.41) is 13.9. The Balaban J connectivity index is 2.17. The first-order valence-electron chi connectivity index (χ1n) is 6.84. The number of aromatic amines is 1. The minimum Gasteiger partial charge on any atom is -0.318 e. The van der Waals surface area contributed by atoms with Gasteiger partial charge in [-0.05, 0) is 35.4 Å². The van der Waals surface area contributed by atoms with E-state index in [0.717, 1.165) is 0 Å². The zero-order valence-corrected chi connectivity index (χ0v) is 14.1. The van der Waals surface area contributed by atoms with E-state index in [9.17, 15) is 9.18 Å². The van der Waals surface area contributed by atoms with Crippen molar-refractivity contribution in [1.82, 2.24) is 25.2 Å². The van der Waals surface area contributed by atoms with E-state index in [1.807, 2.05) is 0 Å². The van der Waals surface area contributed by atoms with E-state index in [2.05, 4.69) is 36.6 Å². The fraction of sp³-hybridized carbons (Fsp3) is 0.200. The molecule has 8 heteroatoms. The number of aryl methyl sites for hydroxylation is 1. The van der Waals surface area contributed by atoms with Gasteiger partial charge in [-0.15, -0.1) is 10.2 Å². The van der Waals surface area contributed by atoms with Crippen molar-refractivity contribution in [2.24, 2.45) is 7.05 Å². The lowest BCUT2D eigenvalue weighted by molar-refractivity contribution is 0.613. The summed E-state index contributed by atoms with van der Waals surface area (Å²) in [7, 11) is 1.66. The summed E-state index contributed by atoms with van der Waals surface area (Å²) < 4.78 is 16.3. The average Bonchev–Trinajstić information content (AvgIpc) is 3.04. The maximum absolute atomic E-state index is 14.2. The van der Waals surface area contributed by atoms with Gasteiger partial charge in [-0.25, -0.2) is 4.39 Å². The van der Waals surface area contributed by atoms with Crippen LogP contribution in [0, 0.1) is 12.7 Å². The molecule has 0 aliphatic heterocycles. The summed E-state index contributed by atoms with van der Waals surface area (Å²) in [6, 6.07) is 4.86. The number of hydrogen-bond donors (Lipinski definition) is 1. The Bertz CT molecular complexity index is 920. The van der Waals surface area contributed by atoms with E-state index in [-0.39, 0.29) is 17.8 Å². The Hall–Kier alpha value is -2.35. The monoisotopic (exact) mass is 377 g/mol. The highest BCUT2D eigenvalue weighted by Gasteiger charge is 2.17. The number of aromatic nitrogens is 5. The molecule has 2 heterocycles. The molecule has 0 saturated heterocycles. The van der Waals surface area contributed by atoms with Crippen LogP contribution in [0.3, 0.4) is 0 Å². The van der Waals surface area contributed by atoms with Crippen molar-refractivity contribution in [2.75, 3.05) is 0 Å². The van der Waals surface area contributed by atoms with Gasteiger partial charge in [-0.2, -0.15) is 5.21 Å². The summed E-state index contributed by atoms with van der Waals surface area (Å²) in [5.74, 6) is 0.0368. The van der Waals surface area contributed by atoms with Gasteiger partial charge in [0.1, 0.15) is 5.82 Å². The van der Waals surface area contributed by atoms with E-state index in [4.69, 9.17) is 0 Å². The Kier molecular flexibility index (Phi) is 4.08. The van der Waals surface area contributed by atoms with Crippen LogP contribution in [0.4, 0.5) is 4.39 Å². The predicted octanol–water partition coefficient (Wildman–Crippen LogP) is 2.37. The number of H-pyrrole nitrogens is 1. The van der Waals surface area contributed by atoms with Crippen LogP contribution in [0.1, 0.15) is 16.7 Å². The SMILES string of the molecule is Cc1c(Cc2ccc(Br)cc2F)c(-c2nn[nH]n2)cn(C)c1=O. The van der Waals surface area contributed by atoms with Gasteiger partial charge in [-0.3, -0.25) is 4.79 Å². The minimum atomic E-state index is -0.335. The van der Waals surface area contributed by atoms with Crippen LogP contribution in [0.25, 0.3) is 11.4 Å². The molecule has 0 saturated carbocycles. The zero-order valence-electron chi connectivity index (χ0n) is 12.5. The van der Waals surface area contributed by atoms with E-state index >= 15 is 0 Å². The largest absolute Gasteiger partial charge is 0.318 e. The fourth-order valence-electron chi connectivity index (χ4n) is 2.48. The van der Waals surface area contributed by atoms with E-state index in [1.54, 1.807) is 32.3 Å². The highest BCUT2D eigenvalue weighted by Crippen LogP contribution is 2.25. The highest BCUT2D eigenvalue weighted by molar-refractivity contribution is 9.10. The molecule has 0 fully saturated rings. The Morgan fingerprint density at radius 2 is 2.17 bits per heavy atom. The molecule has 0 atom stereocenters. The van der Waals surface area contributed by atoms with Crippen LogP contribution in [0.15, 0.2) is 33.7 Å². The van der Waals surface area contributed by atoms with Crippen molar-refractivity contribution < 1.29 is 4.39 Å². The summed E-state index contributed by atoms with van der Waals surface area (Å²) in [6.45, 7) is 1.72. The number of hydrogen-bond acceptors (Lipinski definition) is 4. The summed E-state index contributed by atoms with van der Waals surface area (Å²) in [6.07, 6.45) is 1.91. The molecular formula is C15H13BrFN5O. The molecular weight excluding hydrogens is 365 g/mol. The normalized spacial score (nSPS) is 11.0. The zero-order chi connectivity index (χ0) is 16.6. The topological polar surface area (TPSA) is 76.5 Å². The highest BCUT2D eigenvalue weighted by atomic mass is 79.9. The second-order valence-electron chi connectivity index (χ2n) is 5.21. The average molecular weight is 378 g/mol. The molecule has 0 radical (unpaired) electrons. The van der Waals surface area contributed by atoms with Crippen LogP contribution in [-0.2, 0) is 13.5 Å². The van der Waals surface area contributed by atoms with Crippen molar-refractivity contribution in [1.29, 1.82) is 0 Å². The molecule has 23 heavy (non-hydrogen) atoms. The Morgan fingerprint density at radius 1 is 1.39 bits per heavy atom. The number of pyridine rings is 1. The Morgan fingerprint density at radius 3 is 2.83 bits per heavy atom.